The molecule has 3 N–H and O–H groups in total. The van der Waals surface area contributed by atoms with E-state index in [1.54, 1.807) is 6.20 Å². The number of nitrogens with two attached hydrogens (primary N) is 1. The molecule has 0 fully saturated rings. The summed E-state index contributed by atoms with van der Waals surface area (Å²) in [5.41, 5.74) is 6.76. The van der Waals surface area contributed by atoms with Crippen LogP contribution in [0.5, 0.6) is 0 Å². The Bertz CT molecular complexity index is 284. The summed E-state index contributed by atoms with van der Waals surface area (Å²) in [6.45, 7) is 5.56. The molecule has 0 saturated heterocycles. The van der Waals surface area contributed by atoms with Gasteiger partial charge in [0.05, 0.1) is 6.61 Å². The second-order valence-corrected chi connectivity index (χ2v) is 3.54. The van der Waals surface area contributed by atoms with Crippen LogP contribution in [0.3, 0.4) is 0 Å². The van der Waals surface area contributed by atoms with Crippen molar-refractivity contribution in [3.8, 4) is 0 Å². The molecule has 1 heterocycles. The predicted octanol–water partition coefficient (Wildman–Crippen LogP) is 0.920. The van der Waals surface area contributed by atoms with Gasteiger partial charge in [0, 0.05) is 25.3 Å². The molecule has 0 aromatic carbocycles. The number of aromatic nitrogens is 1. The average molecular weight is 209 g/mol. The van der Waals surface area contributed by atoms with Gasteiger partial charge in [-0.05, 0) is 25.5 Å². The molecule has 4 nitrogen and oxygen atoms in total. The lowest BCUT2D eigenvalue weighted by Gasteiger charge is -2.21. The smallest absolute Gasteiger partial charge is 0.128 e. The first-order valence-electron chi connectivity index (χ1n) is 5.26. The van der Waals surface area contributed by atoms with Crippen molar-refractivity contribution in [2.24, 2.45) is 5.73 Å². The molecule has 0 aliphatic heterocycles. The molecule has 1 aromatic rings. The van der Waals surface area contributed by atoms with Gasteiger partial charge >= 0.3 is 0 Å². The number of rotatable bonds is 5. The third-order valence-electron chi connectivity index (χ3n) is 2.37. The van der Waals surface area contributed by atoms with Gasteiger partial charge < -0.3 is 15.7 Å². The van der Waals surface area contributed by atoms with E-state index in [0.29, 0.717) is 6.54 Å². The summed E-state index contributed by atoms with van der Waals surface area (Å²) >= 11 is 0. The Balaban J connectivity index is 2.77. The molecule has 0 aliphatic carbocycles. The molecular formula is C11H19N3O. The van der Waals surface area contributed by atoms with Gasteiger partial charge in [0.25, 0.3) is 0 Å². The van der Waals surface area contributed by atoms with Gasteiger partial charge in [-0.3, -0.25) is 0 Å². The van der Waals surface area contributed by atoms with Crippen molar-refractivity contribution >= 4 is 5.82 Å². The first kappa shape index (κ1) is 11.9. The Kier molecular flexibility index (Phi) is 4.52. The van der Waals surface area contributed by atoms with E-state index >= 15 is 0 Å². The molecule has 1 aromatic heterocycles. The minimum atomic E-state index is 0.0134. The lowest BCUT2D eigenvalue weighted by Crippen LogP contribution is -2.27. The van der Waals surface area contributed by atoms with Crippen LogP contribution in [0.4, 0.5) is 5.82 Å². The number of nitrogens with zero attached hydrogens (tertiary/aromatic N) is 2. The van der Waals surface area contributed by atoms with Gasteiger partial charge in [0.15, 0.2) is 0 Å². The van der Waals surface area contributed by atoms with Gasteiger partial charge in [-0.25, -0.2) is 4.98 Å². The third-order valence-corrected chi connectivity index (χ3v) is 2.37. The highest BCUT2D eigenvalue weighted by Gasteiger charge is 2.05. The van der Waals surface area contributed by atoms with Crippen LogP contribution in [-0.2, 0) is 0 Å². The first-order chi connectivity index (χ1) is 7.19. The second-order valence-electron chi connectivity index (χ2n) is 3.54. The van der Waals surface area contributed by atoms with Crippen LogP contribution in [0.25, 0.3) is 0 Å². The zero-order chi connectivity index (χ0) is 11.3. The molecule has 0 amide bonds. The summed E-state index contributed by atoms with van der Waals surface area (Å²) in [6.07, 6.45) is 1.79. The van der Waals surface area contributed by atoms with E-state index in [-0.39, 0.29) is 12.6 Å². The average Bonchev–Trinajstić information content (AvgIpc) is 2.26. The van der Waals surface area contributed by atoms with Crippen molar-refractivity contribution in [2.75, 3.05) is 24.6 Å². The van der Waals surface area contributed by atoms with Crippen LogP contribution >= 0.6 is 0 Å². The van der Waals surface area contributed by atoms with Crippen molar-refractivity contribution in [3.05, 3.63) is 23.9 Å². The van der Waals surface area contributed by atoms with Gasteiger partial charge in [0.1, 0.15) is 5.82 Å². The Morgan fingerprint density at radius 1 is 1.53 bits per heavy atom. The molecule has 0 bridgehead atoms. The van der Waals surface area contributed by atoms with Gasteiger partial charge in [-0.1, -0.05) is 6.07 Å². The number of pyridine rings is 1. The van der Waals surface area contributed by atoms with E-state index in [9.17, 15) is 0 Å². The number of anilines is 1. The maximum Gasteiger partial charge on any atom is 0.128 e. The zero-order valence-electron chi connectivity index (χ0n) is 9.35. The highest BCUT2D eigenvalue weighted by Crippen LogP contribution is 2.14. The van der Waals surface area contributed by atoms with E-state index in [2.05, 4.69) is 4.98 Å². The van der Waals surface area contributed by atoms with Gasteiger partial charge in [-0.15, -0.1) is 0 Å². The quantitative estimate of drug-likeness (QED) is 0.757. The Labute approximate surface area is 90.7 Å². The Morgan fingerprint density at radius 3 is 2.67 bits per heavy atom. The summed E-state index contributed by atoms with van der Waals surface area (Å²) in [5, 5.41) is 8.88. The number of hydrogen-bond donors (Lipinski definition) is 2. The van der Waals surface area contributed by atoms with Crippen molar-refractivity contribution < 1.29 is 5.11 Å². The van der Waals surface area contributed by atoms with Crippen LogP contribution in [0.15, 0.2) is 18.3 Å². The summed E-state index contributed by atoms with van der Waals surface area (Å²) in [7, 11) is 0. The molecular weight excluding hydrogens is 190 g/mol. The summed E-state index contributed by atoms with van der Waals surface area (Å²) in [5.74, 6) is 0.885. The molecule has 84 valence electrons. The van der Waals surface area contributed by atoms with Crippen molar-refractivity contribution in [3.63, 3.8) is 0 Å². The van der Waals surface area contributed by atoms with E-state index in [1.807, 2.05) is 30.9 Å². The number of hydrogen-bond acceptors (Lipinski definition) is 4. The van der Waals surface area contributed by atoms with Crippen molar-refractivity contribution in [1.82, 2.24) is 4.98 Å². The molecule has 15 heavy (non-hydrogen) atoms. The largest absolute Gasteiger partial charge is 0.395 e. The van der Waals surface area contributed by atoms with Gasteiger partial charge in [0.2, 0.25) is 0 Å². The van der Waals surface area contributed by atoms with Crippen molar-refractivity contribution in [2.45, 2.75) is 19.9 Å². The highest BCUT2D eigenvalue weighted by atomic mass is 16.3. The van der Waals surface area contributed by atoms with Crippen LogP contribution in [0, 0.1) is 0 Å². The second kappa shape index (κ2) is 5.68. The van der Waals surface area contributed by atoms with Crippen molar-refractivity contribution in [1.29, 1.82) is 0 Å². The van der Waals surface area contributed by atoms with Gasteiger partial charge in [-0.2, -0.15) is 0 Å². The summed E-state index contributed by atoms with van der Waals surface area (Å²) in [4.78, 5) is 6.34. The summed E-state index contributed by atoms with van der Waals surface area (Å²) < 4.78 is 0. The zero-order valence-corrected chi connectivity index (χ0v) is 9.35. The number of likely N-dealkylation sites (N-methyl/N-ethyl adjacent to an activating group) is 1. The normalized spacial score (nSPS) is 12.5. The van der Waals surface area contributed by atoms with E-state index in [0.717, 1.165) is 17.9 Å². The minimum absolute atomic E-state index is 0.0134. The Hall–Kier alpha value is -1.13. The maximum absolute atomic E-state index is 8.88. The lowest BCUT2D eigenvalue weighted by molar-refractivity contribution is 0.302. The highest BCUT2D eigenvalue weighted by molar-refractivity contribution is 5.39. The van der Waals surface area contributed by atoms with Crippen LogP contribution < -0.4 is 10.6 Å². The first-order valence-corrected chi connectivity index (χ1v) is 5.26. The molecule has 4 heteroatoms. The maximum atomic E-state index is 8.88. The van der Waals surface area contributed by atoms with E-state index in [1.165, 1.54) is 0 Å². The summed E-state index contributed by atoms with van der Waals surface area (Å²) in [6, 6.07) is 3.93. The standard InChI is InChI=1S/C11H19N3O/c1-3-14(6-7-15)11-5-4-10(8-13-11)9(2)12/h4-5,8-9,15H,3,6-7,12H2,1-2H3/t9-/m1/s1. The fraction of sp³-hybridized carbons (Fsp3) is 0.545. The predicted molar refractivity (Wildman–Crippen MR) is 61.8 cm³/mol. The molecule has 1 rings (SSSR count). The number of aliphatic hydroxyl groups excluding tert-OH is 1. The van der Waals surface area contributed by atoms with Crippen LogP contribution in [0.2, 0.25) is 0 Å². The molecule has 0 aliphatic rings. The molecule has 0 spiro atoms. The van der Waals surface area contributed by atoms with E-state index in [4.69, 9.17) is 10.8 Å². The van der Waals surface area contributed by atoms with Crippen LogP contribution in [0.1, 0.15) is 25.5 Å². The monoisotopic (exact) mass is 209 g/mol. The lowest BCUT2D eigenvalue weighted by atomic mass is 10.1. The molecule has 1 atom stereocenters. The fourth-order valence-corrected chi connectivity index (χ4v) is 1.41. The third kappa shape index (κ3) is 3.18. The minimum Gasteiger partial charge on any atom is -0.395 e. The SMILES string of the molecule is CCN(CCO)c1ccc([C@@H](C)N)cn1. The Morgan fingerprint density at radius 2 is 2.27 bits per heavy atom. The fourth-order valence-electron chi connectivity index (χ4n) is 1.41. The van der Waals surface area contributed by atoms with E-state index < -0.39 is 0 Å². The molecule has 0 unspecified atom stereocenters. The molecule has 0 saturated carbocycles. The molecule has 0 radical (unpaired) electrons. The number of aliphatic hydroxyl groups is 1. The topological polar surface area (TPSA) is 62.4 Å². The van der Waals surface area contributed by atoms with Crippen LogP contribution in [-0.4, -0.2) is 29.8 Å².